The molecule has 2 unspecified atom stereocenters. The monoisotopic (exact) mass is 365 g/mol. The zero-order valence-electron chi connectivity index (χ0n) is 16.1. The van der Waals surface area contributed by atoms with Crippen LogP contribution in [-0.2, 0) is 9.53 Å². The molecule has 1 amide bonds. The zero-order chi connectivity index (χ0) is 18.8. The Bertz CT molecular complexity index is 839. The molecule has 1 saturated carbocycles. The van der Waals surface area contributed by atoms with Crippen molar-refractivity contribution in [2.75, 3.05) is 13.2 Å². The standard InChI is InChI=1S/C22H27N3O2/c1-16-19(17(2)25(23-16)18-8-4-3-5-9-18)12-13-22(26)24-14-15-27-21-11-7-6-10-20(21)24/h3-5,8-9,12-13,20-21H,6-7,10-11,14-15H2,1-2H3. The van der Waals surface area contributed by atoms with Crippen molar-refractivity contribution in [2.45, 2.75) is 51.7 Å². The highest BCUT2D eigenvalue weighted by atomic mass is 16.5. The first-order valence-electron chi connectivity index (χ1n) is 9.87. The van der Waals surface area contributed by atoms with Crippen LogP contribution in [-0.4, -0.2) is 45.9 Å². The number of fused-ring (bicyclic) bond motifs is 1. The Morgan fingerprint density at radius 3 is 2.78 bits per heavy atom. The molecule has 2 aliphatic rings. The molecule has 2 aromatic rings. The fourth-order valence-corrected chi connectivity index (χ4v) is 4.34. The summed E-state index contributed by atoms with van der Waals surface area (Å²) < 4.78 is 7.82. The van der Waals surface area contributed by atoms with E-state index in [2.05, 4.69) is 5.10 Å². The molecular formula is C22H27N3O2. The van der Waals surface area contributed by atoms with Crippen LogP contribution in [0.15, 0.2) is 36.4 Å². The van der Waals surface area contributed by atoms with Crippen molar-refractivity contribution in [1.82, 2.24) is 14.7 Å². The van der Waals surface area contributed by atoms with Crippen molar-refractivity contribution in [3.63, 3.8) is 0 Å². The van der Waals surface area contributed by atoms with Gasteiger partial charge in [-0.15, -0.1) is 0 Å². The van der Waals surface area contributed by atoms with Crippen LogP contribution in [0.3, 0.4) is 0 Å². The van der Waals surface area contributed by atoms with Gasteiger partial charge in [0.25, 0.3) is 0 Å². The summed E-state index contributed by atoms with van der Waals surface area (Å²) in [5.74, 6) is 0.0847. The number of benzene rings is 1. The van der Waals surface area contributed by atoms with Crippen LogP contribution in [0, 0.1) is 13.8 Å². The SMILES string of the molecule is Cc1nn(-c2ccccc2)c(C)c1C=CC(=O)N1CCOC2CCCCC21. The molecule has 2 atom stereocenters. The van der Waals surface area contributed by atoms with Gasteiger partial charge < -0.3 is 9.64 Å². The lowest BCUT2D eigenvalue weighted by molar-refractivity contribution is -0.144. The normalized spacial score (nSPS) is 22.8. The number of carbonyl (C=O) groups excluding carboxylic acids is 1. The number of hydrogen-bond donors (Lipinski definition) is 0. The highest BCUT2D eigenvalue weighted by Gasteiger charge is 2.35. The lowest BCUT2D eigenvalue weighted by atomic mass is 9.90. The summed E-state index contributed by atoms with van der Waals surface area (Å²) in [6.07, 6.45) is 8.36. The molecule has 1 aromatic carbocycles. The predicted molar refractivity (Wildman–Crippen MR) is 106 cm³/mol. The summed E-state index contributed by atoms with van der Waals surface area (Å²) in [5, 5.41) is 4.66. The average molecular weight is 365 g/mol. The van der Waals surface area contributed by atoms with E-state index >= 15 is 0 Å². The van der Waals surface area contributed by atoms with Gasteiger partial charge in [-0.1, -0.05) is 31.0 Å². The molecule has 27 heavy (non-hydrogen) atoms. The maximum atomic E-state index is 12.9. The Balaban J connectivity index is 1.54. The molecule has 2 heterocycles. The minimum absolute atomic E-state index is 0.0847. The van der Waals surface area contributed by atoms with Crippen molar-refractivity contribution in [1.29, 1.82) is 0 Å². The highest BCUT2D eigenvalue weighted by Crippen LogP contribution is 2.29. The van der Waals surface area contributed by atoms with Crippen molar-refractivity contribution in [3.8, 4) is 5.69 Å². The second-order valence-corrected chi connectivity index (χ2v) is 7.46. The van der Waals surface area contributed by atoms with E-state index in [0.717, 1.165) is 35.5 Å². The summed E-state index contributed by atoms with van der Waals surface area (Å²) >= 11 is 0. The van der Waals surface area contributed by atoms with Gasteiger partial charge in [0.05, 0.1) is 30.1 Å². The first kappa shape index (κ1) is 18.0. The van der Waals surface area contributed by atoms with Crippen molar-refractivity contribution < 1.29 is 9.53 Å². The summed E-state index contributed by atoms with van der Waals surface area (Å²) in [6, 6.07) is 10.3. The van der Waals surface area contributed by atoms with Gasteiger partial charge >= 0.3 is 0 Å². The van der Waals surface area contributed by atoms with E-state index in [1.54, 1.807) is 6.08 Å². The molecule has 1 aliphatic heterocycles. The van der Waals surface area contributed by atoms with Crippen LogP contribution < -0.4 is 0 Å². The number of ether oxygens (including phenoxy) is 1. The second kappa shape index (κ2) is 7.69. The third-order valence-corrected chi connectivity index (χ3v) is 5.76. The molecule has 142 valence electrons. The minimum atomic E-state index is 0.0847. The molecule has 0 N–H and O–H groups in total. The Morgan fingerprint density at radius 2 is 1.96 bits per heavy atom. The first-order valence-corrected chi connectivity index (χ1v) is 9.87. The van der Waals surface area contributed by atoms with Gasteiger partial charge in [-0.2, -0.15) is 5.10 Å². The van der Waals surface area contributed by atoms with Crippen molar-refractivity contribution >= 4 is 12.0 Å². The summed E-state index contributed by atoms with van der Waals surface area (Å²) in [7, 11) is 0. The summed E-state index contributed by atoms with van der Waals surface area (Å²) in [4.78, 5) is 14.9. The van der Waals surface area contributed by atoms with Crippen LogP contribution in [0.25, 0.3) is 11.8 Å². The predicted octanol–water partition coefficient (Wildman–Crippen LogP) is 3.67. The van der Waals surface area contributed by atoms with E-state index in [1.165, 1.54) is 12.8 Å². The molecule has 0 spiro atoms. The van der Waals surface area contributed by atoms with Gasteiger partial charge in [0.2, 0.25) is 5.91 Å². The molecule has 0 radical (unpaired) electrons. The van der Waals surface area contributed by atoms with Crippen LogP contribution in [0.4, 0.5) is 0 Å². The Morgan fingerprint density at radius 1 is 1.19 bits per heavy atom. The number of hydrogen-bond acceptors (Lipinski definition) is 3. The number of aryl methyl sites for hydroxylation is 1. The van der Waals surface area contributed by atoms with E-state index in [1.807, 2.05) is 59.8 Å². The molecule has 1 aromatic heterocycles. The molecule has 4 rings (SSSR count). The molecular weight excluding hydrogens is 338 g/mol. The zero-order valence-corrected chi connectivity index (χ0v) is 16.1. The largest absolute Gasteiger partial charge is 0.374 e. The van der Waals surface area contributed by atoms with E-state index in [9.17, 15) is 4.79 Å². The molecule has 5 heteroatoms. The van der Waals surface area contributed by atoms with E-state index in [-0.39, 0.29) is 18.1 Å². The third kappa shape index (κ3) is 3.56. The van der Waals surface area contributed by atoms with Crippen molar-refractivity contribution in [3.05, 3.63) is 53.4 Å². The fourth-order valence-electron chi connectivity index (χ4n) is 4.34. The van der Waals surface area contributed by atoms with E-state index < -0.39 is 0 Å². The smallest absolute Gasteiger partial charge is 0.246 e. The van der Waals surface area contributed by atoms with Gasteiger partial charge in [-0.05, 0) is 44.9 Å². The van der Waals surface area contributed by atoms with E-state index in [0.29, 0.717) is 13.2 Å². The second-order valence-electron chi connectivity index (χ2n) is 7.46. The maximum absolute atomic E-state index is 12.9. The summed E-state index contributed by atoms with van der Waals surface area (Å²) in [6.45, 7) is 5.36. The minimum Gasteiger partial charge on any atom is -0.374 e. The van der Waals surface area contributed by atoms with Gasteiger partial charge in [0.15, 0.2) is 0 Å². The van der Waals surface area contributed by atoms with Crippen LogP contribution in [0.1, 0.15) is 42.6 Å². The number of morpholine rings is 1. The molecule has 1 saturated heterocycles. The van der Waals surface area contributed by atoms with Crippen LogP contribution in [0.2, 0.25) is 0 Å². The Kier molecular flexibility index (Phi) is 5.12. The number of carbonyl (C=O) groups is 1. The summed E-state index contributed by atoms with van der Waals surface area (Å²) in [5.41, 5.74) is 4.01. The third-order valence-electron chi connectivity index (χ3n) is 5.76. The molecule has 1 aliphatic carbocycles. The molecule has 5 nitrogen and oxygen atoms in total. The fraction of sp³-hybridized carbons (Fsp3) is 0.455. The van der Waals surface area contributed by atoms with Crippen LogP contribution >= 0.6 is 0 Å². The lowest BCUT2D eigenvalue weighted by Crippen LogP contribution is -2.54. The number of amides is 1. The first-order chi connectivity index (χ1) is 13.1. The Hall–Kier alpha value is -2.40. The maximum Gasteiger partial charge on any atom is 0.246 e. The van der Waals surface area contributed by atoms with Gasteiger partial charge in [0, 0.05) is 23.9 Å². The number of aromatic nitrogens is 2. The molecule has 0 bridgehead atoms. The molecule has 2 fully saturated rings. The number of para-hydroxylation sites is 1. The highest BCUT2D eigenvalue weighted by molar-refractivity contribution is 5.92. The topological polar surface area (TPSA) is 47.4 Å². The Labute approximate surface area is 160 Å². The van der Waals surface area contributed by atoms with Crippen LogP contribution in [0.5, 0.6) is 0 Å². The van der Waals surface area contributed by atoms with Gasteiger partial charge in [0.1, 0.15) is 0 Å². The van der Waals surface area contributed by atoms with Gasteiger partial charge in [-0.3, -0.25) is 4.79 Å². The van der Waals surface area contributed by atoms with Gasteiger partial charge in [-0.25, -0.2) is 4.68 Å². The quantitative estimate of drug-likeness (QED) is 0.780. The number of rotatable bonds is 3. The lowest BCUT2D eigenvalue weighted by Gasteiger charge is -2.43. The average Bonchev–Trinajstić information content (AvgIpc) is 3.00. The number of nitrogens with zero attached hydrogens (tertiary/aromatic N) is 3. The van der Waals surface area contributed by atoms with E-state index in [4.69, 9.17) is 4.74 Å². The van der Waals surface area contributed by atoms with Crippen molar-refractivity contribution in [2.24, 2.45) is 0 Å².